The third-order valence-electron chi connectivity index (χ3n) is 4.01. The van der Waals surface area contributed by atoms with Crippen molar-refractivity contribution in [2.24, 2.45) is 17.6 Å². The number of hydrogen-bond acceptors (Lipinski definition) is 2. The van der Waals surface area contributed by atoms with Gasteiger partial charge in [0.2, 0.25) is 0 Å². The van der Waals surface area contributed by atoms with Gasteiger partial charge in [-0.1, -0.05) is 6.42 Å². The molecular weight excluding hydrogens is 217 g/mol. The van der Waals surface area contributed by atoms with Gasteiger partial charge in [0, 0.05) is 13.1 Å². The van der Waals surface area contributed by atoms with Crippen LogP contribution in [0.4, 0.5) is 13.2 Å². The quantitative estimate of drug-likeness (QED) is 0.812. The lowest BCUT2D eigenvalue weighted by molar-refractivity contribution is -0.183. The van der Waals surface area contributed by atoms with Gasteiger partial charge >= 0.3 is 6.18 Å². The molecule has 2 nitrogen and oxygen atoms in total. The van der Waals surface area contributed by atoms with Crippen LogP contribution in [-0.2, 0) is 0 Å². The van der Waals surface area contributed by atoms with E-state index in [0.29, 0.717) is 24.9 Å². The predicted octanol–water partition coefficient (Wildman–Crippen LogP) is 2.00. The predicted molar refractivity (Wildman–Crippen MR) is 55.9 cm³/mol. The van der Waals surface area contributed by atoms with Gasteiger partial charge in [0.15, 0.2) is 0 Å². The number of likely N-dealkylation sites (tertiary alicyclic amines) is 1. The Morgan fingerprint density at radius 1 is 1.19 bits per heavy atom. The zero-order chi connectivity index (χ0) is 11.8. The lowest BCUT2D eigenvalue weighted by atomic mass is 10.0. The van der Waals surface area contributed by atoms with E-state index < -0.39 is 12.2 Å². The summed E-state index contributed by atoms with van der Waals surface area (Å²) in [6.07, 6.45) is -0.694. The van der Waals surface area contributed by atoms with Crippen molar-refractivity contribution in [1.82, 2.24) is 4.90 Å². The second kappa shape index (κ2) is 4.53. The third-order valence-corrected chi connectivity index (χ3v) is 4.01. The fourth-order valence-corrected chi connectivity index (χ4v) is 3.24. The van der Waals surface area contributed by atoms with Crippen LogP contribution in [0.1, 0.15) is 25.7 Å². The Morgan fingerprint density at radius 2 is 1.75 bits per heavy atom. The van der Waals surface area contributed by atoms with Crippen molar-refractivity contribution in [2.75, 3.05) is 19.6 Å². The first-order chi connectivity index (χ1) is 7.52. The summed E-state index contributed by atoms with van der Waals surface area (Å²) in [5.41, 5.74) is 5.28. The second-order valence-corrected chi connectivity index (χ2v) is 5.04. The average Bonchev–Trinajstić information content (AvgIpc) is 2.70. The first kappa shape index (κ1) is 12.2. The topological polar surface area (TPSA) is 29.3 Å². The number of hydrogen-bond donors (Lipinski definition) is 1. The molecule has 0 aromatic rings. The molecule has 0 aromatic heterocycles. The first-order valence-corrected chi connectivity index (χ1v) is 6.03. The normalized spacial score (nSPS) is 33.0. The molecule has 3 unspecified atom stereocenters. The maximum Gasteiger partial charge on any atom is 0.404 e. The second-order valence-electron chi connectivity index (χ2n) is 5.04. The van der Waals surface area contributed by atoms with Crippen LogP contribution < -0.4 is 5.73 Å². The molecule has 1 saturated carbocycles. The Bertz CT molecular complexity index is 230. The van der Waals surface area contributed by atoms with Crippen LogP contribution in [-0.4, -0.2) is 36.8 Å². The zero-order valence-electron chi connectivity index (χ0n) is 9.34. The molecule has 0 aromatic carbocycles. The Morgan fingerprint density at radius 3 is 2.19 bits per heavy atom. The molecule has 1 heterocycles. The van der Waals surface area contributed by atoms with Gasteiger partial charge in [-0.05, 0) is 37.6 Å². The smallest absolute Gasteiger partial charge is 0.330 e. The molecule has 1 aliphatic heterocycles. The fourth-order valence-electron chi connectivity index (χ4n) is 3.24. The minimum atomic E-state index is -4.13. The summed E-state index contributed by atoms with van der Waals surface area (Å²) in [5.74, 6) is 1.00. The zero-order valence-corrected chi connectivity index (χ0v) is 9.34. The van der Waals surface area contributed by atoms with E-state index in [1.165, 1.54) is 6.42 Å². The molecule has 1 aliphatic carbocycles. The maximum absolute atomic E-state index is 12.8. The van der Waals surface area contributed by atoms with Crippen molar-refractivity contribution in [3.05, 3.63) is 0 Å². The van der Waals surface area contributed by atoms with E-state index in [1.54, 1.807) is 4.90 Å². The molecule has 5 heteroatoms. The molecule has 0 amide bonds. The lowest BCUT2D eigenvalue weighted by Crippen LogP contribution is -2.46. The van der Waals surface area contributed by atoms with E-state index in [-0.39, 0.29) is 13.0 Å². The van der Waals surface area contributed by atoms with Crippen LogP contribution in [0.15, 0.2) is 0 Å². The summed E-state index contributed by atoms with van der Waals surface area (Å²) < 4.78 is 38.5. The summed E-state index contributed by atoms with van der Waals surface area (Å²) in [6, 6.07) is -1.32. The molecule has 2 fully saturated rings. The van der Waals surface area contributed by atoms with Crippen LogP contribution in [0.2, 0.25) is 0 Å². The molecule has 2 aliphatic rings. The van der Waals surface area contributed by atoms with Crippen molar-refractivity contribution in [3.8, 4) is 0 Å². The van der Waals surface area contributed by atoms with E-state index in [1.807, 2.05) is 0 Å². The van der Waals surface area contributed by atoms with Gasteiger partial charge in [0.05, 0.1) is 0 Å². The minimum Gasteiger partial charge on any atom is -0.330 e. The monoisotopic (exact) mass is 236 g/mol. The highest BCUT2D eigenvalue weighted by Gasteiger charge is 2.47. The Kier molecular flexibility index (Phi) is 3.45. The molecular formula is C11H19F3N2. The summed E-state index contributed by atoms with van der Waals surface area (Å²) >= 11 is 0. The van der Waals surface area contributed by atoms with Gasteiger partial charge in [-0.25, -0.2) is 0 Å². The summed E-state index contributed by atoms with van der Waals surface area (Å²) in [7, 11) is 0. The van der Waals surface area contributed by atoms with E-state index >= 15 is 0 Å². The SMILES string of the molecule is NCCC(N1CC2CCCC2C1)C(F)(F)F. The Balaban J connectivity index is 1.99. The minimum absolute atomic E-state index is 0.0307. The fraction of sp³-hybridized carbons (Fsp3) is 1.00. The van der Waals surface area contributed by atoms with Crippen molar-refractivity contribution in [1.29, 1.82) is 0 Å². The summed E-state index contributed by atoms with van der Waals surface area (Å²) in [5, 5.41) is 0. The number of nitrogens with two attached hydrogens (primary N) is 1. The van der Waals surface area contributed by atoms with Gasteiger partial charge in [-0.3, -0.25) is 4.90 Å². The van der Waals surface area contributed by atoms with Crippen molar-refractivity contribution < 1.29 is 13.2 Å². The number of fused-ring (bicyclic) bond motifs is 1. The Hall–Kier alpha value is -0.290. The van der Waals surface area contributed by atoms with Gasteiger partial charge in [0.25, 0.3) is 0 Å². The van der Waals surface area contributed by atoms with Crippen LogP contribution in [0.25, 0.3) is 0 Å². The number of rotatable bonds is 3. The van der Waals surface area contributed by atoms with Crippen molar-refractivity contribution in [2.45, 2.75) is 37.9 Å². The molecule has 3 atom stereocenters. The van der Waals surface area contributed by atoms with Gasteiger partial charge in [0.1, 0.15) is 6.04 Å². The average molecular weight is 236 g/mol. The molecule has 2 N–H and O–H groups in total. The molecule has 0 bridgehead atoms. The molecule has 2 rings (SSSR count). The number of halogens is 3. The van der Waals surface area contributed by atoms with Crippen LogP contribution >= 0.6 is 0 Å². The van der Waals surface area contributed by atoms with E-state index in [4.69, 9.17) is 5.73 Å². The first-order valence-electron chi connectivity index (χ1n) is 6.03. The summed E-state index contributed by atoms with van der Waals surface area (Å²) in [6.45, 7) is 1.35. The number of alkyl halides is 3. The highest BCUT2D eigenvalue weighted by molar-refractivity contribution is 4.93. The van der Waals surface area contributed by atoms with E-state index in [2.05, 4.69) is 0 Å². The standard InChI is InChI=1S/C11H19F3N2/c12-11(13,14)10(4-5-15)16-6-8-2-1-3-9(8)7-16/h8-10H,1-7,15H2. The molecule has 1 saturated heterocycles. The largest absolute Gasteiger partial charge is 0.404 e. The molecule has 0 radical (unpaired) electrons. The van der Waals surface area contributed by atoms with Crippen LogP contribution in [0.5, 0.6) is 0 Å². The van der Waals surface area contributed by atoms with Crippen LogP contribution in [0.3, 0.4) is 0 Å². The van der Waals surface area contributed by atoms with Gasteiger partial charge in [-0.2, -0.15) is 13.2 Å². The maximum atomic E-state index is 12.8. The Labute approximate surface area is 94.0 Å². The highest BCUT2D eigenvalue weighted by Crippen LogP contribution is 2.41. The van der Waals surface area contributed by atoms with Gasteiger partial charge < -0.3 is 5.73 Å². The highest BCUT2D eigenvalue weighted by atomic mass is 19.4. The lowest BCUT2D eigenvalue weighted by Gasteiger charge is -2.30. The van der Waals surface area contributed by atoms with Gasteiger partial charge in [-0.15, -0.1) is 0 Å². The van der Waals surface area contributed by atoms with Crippen molar-refractivity contribution in [3.63, 3.8) is 0 Å². The molecule has 0 spiro atoms. The summed E-state index contributed by atoms with van der Waals surface area (Å²) in [4.78, 5) is 1.61. The van der Waals surface area contributed by atoms with E-state index in [9.17, 15) is 13.2 Å². The van der Waals surface area contributed by atoms with E-state index in [0.717, 1.165) is 12.8 Å². The number of nitrogens with zero attached hydrogens (tertiary/aromatic N) is 1. The third kappa shape index (κ3) is 2.35. The van der Waals surface area contributed by atoms with Crippen LogP contribution in [0, 0.1) is 11.8 Å². The molecule has 16 heavy (non-hydrogen) atoms. The molecule has 94 valence electrons. The van der Waals surface area contributed by atoms with Crippen molar-refractivity contribution >= 4 is 0 Å².